The Morgan fingerprint density at radius 2 is 1.82 bits per heavy atom. The van der Waals surface area contributed by atoms with E-state index < -0.39 is 18.2 Å². The topological polar surface area (TPSA) is 94.8 Å². The van der Waals surface area contributed by atoms with Crippen molar-refractivity contribution in [2.45, 2.75) is 25.1 Å². The molecule has 6 nitrogen and oxygen atoms in total. The van der Waals surface area contributed by atoms with Crippen LogP contribution in [0, 0.1) is 18.3 Å². The summed E-state index contributed by atoms with van der Waals surface area (Å²) in [5.41, 5.74) is -0.275. The van der Waals surface area contributed by atoms with Crippen LogP contribution in [0.5, 0.6) is 5.88 Å². The fourth-order valence-electron chi connectivity index (χ4n) is 3.86. The number of aromatic amines is 1. The number of fused-ring (bicyclic) bond motifs is 1. The predicted molar refractivity (Wildman–Crippen MR) is 120 cm³/mol. The number of ether oxygens (including phenoxy) is 1. The van der Waals surface area contributed by atoms with Gasteiger partial charge in [-0.3, -0.25) is 0 Å². The van der Waals surface area contributed by atoms with Gasteiger partial charge in [-0.2, -0.15) is 18.4 Å². The van der Waals surface area contributed by atoms with Crippen molar-refractivity contribution >= 4 is 22.5 Å². The van der Waals surface area contributed by atoms with E-state index >= 15 is 0 Å². The number of alkyl halides is 3. The average molecular weight is 487 g/mol. The number of rotatable bonds is 5. The molecule has 174 valence electrons. The Labute approximate surface area is 197 Å². The molecule has 10 heteroatoms. The minimum absolute atomic E-state index is 0.163. The van der Waals surface area contributed by atoms with Gasteiger partial charge in [-0.25, -0.2) is 9.97 Å². The minimum atomic E-state index is -4.53. The maximum Gasteiger partial charge on any atom is 0.393 e. The molecule has 0 fully saturated rings. The molecule has 0 spiro atoms. The van der Waals surface area contributed by atoms with Crippen molar-refractivity contribution in [3.05, 3.63) is 87.5 Å². The number of imidazole rings is 1. The highest BCUT2D eigenvalue weighted by atomic mass is 35.5. The Kier molecular flexibility index (Phi) is 5.98. The first-order valence-corrected chi connectivity index (χ1v) is 10.4. The zero-order valence-electron chi connectivity index (χ0n) is 18.0. The maximum absolute atomic E-state index is 13.2. The molecule has 2 aromatic heterocycles. The number of nitrogens with zero attached hydrogens (tertiary/aromatic N) is 3. The summed E-state index contributed by atoms with van der Waals surface area (Å²) in [5, 5.41) is 21.2. The molecule has 0 saturated heterocycles. The van der Waals surface area contributed by atoms with Gasteiger partial charge in [0.15, 0.2) is 5.60 Å². The van der Waals surface area contributed by atoms with Crippen molar-refractivity contribution in [1.82, 2.24) is 15.0 Å². The number of hydrogen-bond donors (Lipinski definition) is 2. The number of nitriles is 1. The summed E-state index contributed by atoms with van der Waals surface area (Å²) < 4.78 is 44.6. The van der Waals surface area contributed by atoms with Gasteiger partial charge in [-0.1, -0.05) is 29.8 Å². The smallest absolute Gasteiger partial charge is 0.393 e. The number of H-pyrrole nitrogens is 1. The summed E-state index contributed by atoms with van der Waals surface area (Å²) in [5.74, 6) is 0.342. The van der Waals surface area contributed by atoms with Crippen molar-refractivity contribution in [2.24, 2.45) is 0 Å². The molecule has 0 saturated carbocycles. The SMILES string of the molecule is COc1nc2ccc(C(O)(c3ccc(C#N)cc3)c3cnc(C)[nH]3)cc2c(Cl)c1CC(F)(F)F. The second-order valence-corrected chi connectivity index (χ2v) is 8.10. The van der Waals surface area contributed by atoms with Crippen LogP contribution < -0.4 is 4.74 Å². The van der Waals surface area contributed by atoms with Gasteiger partial charge in [0.2, 0.25) is 5.88 Å². The van der Waals surface area contributed by atoms with Crippen LogP contribution in [-0.2, 0) is 12.0 Å². The van der Waals surface area contributed by atoms with Crippen LogP contribution >= 0.6 is 11.6 Å². The Hall–Kier alpha value is -3.61. The maximum atomic E-state index is 13.2. The molecule has 0 amide bonds. The lowest BCUT2D eigenvalue weighted by Crippen LogP contribution is -2.29. The number of aliphatic hydroxyl groups is 1. The second kappa shape index (κ2) is 8.63. The van der Waals surface area contributed by atoms with Gasteiger partial charge in [0.05, 0.1) is 47.6 Å². The lowest BCUT2D eigenvalue weighted by atomic mass is 9.83. The number of benzene rings is 2. The van der Waals surface area contributed by atoms with E-state index in [-0.39, 0.29) is 21.9 Å². The van der Waals surface area contributed by atoms with Gasteiger partial charge >= 0.3 is 6.18 Å². The fourth-order valence-corrected chi connectivity index (χ4v) is 4.16. The minimum Gasteiger partial charge on any atom is -0.481 e. The van der Waals surface area contributed by atoms with Crippen LogP contribution in [0.1, 0.15) is 33.8 Å². The lowest BCUT2D eigenvalue weighted by molar-refractivity contribution is -0.127. The number of aryl methyl sites for hydroxylation is 1. The van der Waals surface area contributed by atoms with Crippen molar-refractivity contribution in [1.29, 1.82) is 5.26 Å². The molecule has 4 rings (SSSR count). The third kappa shape index (κ3) is 4.18. The fraction of sp³-hybridized carbons (Fsp3) is 0.208. The summed E-state index contributed by atoms with van der Waals surface area (Å²) in [6.07, 6.45) is -4.37. The largest absolute Gasteiger partial charge is 0.481 e. The molecule has 2 aromatic carbocycles. The van der Waals surface area contributed by atoms with E-state index in [4.69, 9.17) is 21.6 Å². The van der Waals surface area contributed by atoms with Gasteiger partial charge < -0.3 is 14.8 Å². The van der Waals surface area contributed by atoms with E-state index in [1.54, 1.807) is 43.3 Å². The lowest BCUT2D eigenvalue weighted by Gasteiger charge is -2.29. The molecule has 0 aliphatic carbocycles. The van der Waals surface area contributed by atoms with E-state index in [9.17, 15) is 18.3 Å². The standard InChI is InChI=1S/C24H18ClF3N4O2/c1-13-30-12-20(31-13)24(33,15-5-3-14(11-29)4-6-15)16-7-8-19-17(9-16)21(25)18(10-23(26,27)28)22(32-19)34-2/h3-9,12,33H,10H2,1-2H3,(H,30,31). The van der Waals surface area contributed by atoms with Crippen LogP contribution in [0.3, 0.4) is 0 Å². The van der Waals surface area contributed by atoms with Crippen molar-refractivity contribution < 1.29 is 23.0 Å². The van der Waals surface area contributed by atoms with Crippen LogP contribution in [0.25, 0.3) is 10.9 Å². The van der Waals surface area contributed by atoms with Crippen LogP contribution in [0.4, 0.5) is 13.2 Å². The summed E-state index contributed by atoms with van der Waals surface area (Å²) in [7, 11) is 1.23. The number of hydrogen-bond acceptors (Lipinski definition) is 5. The first-order chi connectivity index (χ1) is 16.1. The number of aromatic nitrogens is 3. The Morgan fingerprint density at radius 1 is 1.15 bits per heavy atom. The van der Waals surface area contributed by atoms with E-state index in [2.05, 4.69) is 15.0 Å². The van der Waals surface area contributed by atoms with Gasteiger partial charge in [0.25, 0.3) is 0 Å². The molecule has 0 aliphatic heterocycles. The third-order valence-corrected chi connectivity index (χ3v) is 5.92. The molecule has 0 bridgehead atoms. The molecule has 0 aliphatic rings. The molecule has 4 aromatic rings. The number of nitrogens with one attached hydrogen (secondary N) is 1. The van der Waals surface area contributed by atoms with E-state index in [0.29, 0.717) is 33.7 Å². The van der Waals surface area contributed by atoms with Gasteiger partial charge in [-0.05, 0) is 42.3 Å². The molecule has 1 unspecified atom stereocenters. The molecule has 2 heterocycles. The Bertz CT molecular complexity index is 1410. The van der Waals surface area contributed by atoms with Crippen LogP contribution in [0.2, 0.25) is 5.02 Å². The zero-order chi connectivity index (χ0) is 24.7. The highest BCUT2D eigenvalue weighted by molar-refractivity contribution is 6.36. The summed E-state index contributed by atoms with van der Waals surface area (Å²) in [6.45, 7) is 1.72. The van der Waals surface area contributed by atoms with E-state index in [0.717, 1.165) is 0 Å². The molecule has 0 radical (unpaired) electrons. The summed E-state index contributed by atoms with van der Waals surface area (Å²) in [4.78, 5) is 11.4. The predicted octanol–water partition coefficient (Wildman–Crippen LogP) is 5.19. The summed E-state index contributed by atoms with van der Waals surface area (Å²) in [6, 6.07) is 13.0. The Morgan fingerprint density at radius 3 is 2.38 bits per heavy atom. The Balaban J connectivity index is 1.97. The van der Waals surface area contributed by atoms with Crippen molar-refractivity contribution in [3.63, 3.8) is 0 Å². The molecule has 2 N–H and O–H groups in total. The van der Waals surface area contributed by atoms with E-state index in [1.165, 1.54) is 19.4 Å². The quantitative estimate of drug-likeness (QED) is 0.405. The molecule has 34 heavy (non-hydrogen) atoms. The second-order valence-electron chi connectivity index (χ2n) is 7.72. The number of methoxy groups -OCH3 is 1. The third-order valence-electron chi connectivity index (χ3n) is 5.49. The first kappa shape index (κ1) is 23.5. The van der Waals surface area contributed by atoms with Gasteiger partial charge in [-0.15, -0.1) is 0 Å². The highest BCUT2D eigenvalue weighted by Crippen LogP contribution is 2.41. The van der Waals surface area contributed by atoms with Gasteiger partial charge in [0, 0.05) is 10.9 Å². The highest BCUT2D eigenvalue weighted by Gasteiger charge is 2.37. The zero-order valence-corrected chi connectivity index (χ0v) is 18.8. The first-order valence-electron chi connectivity index (χ1n) is 10.0. The van der Waals surface area contributed by atoms with Crippen LogP contribution in [0.15, 0.2) is 48.7 Å². The number of halogens is 4. The average Bonchev–Trinajstić information content (AvgIpc) is 3.26. The van der Waals surface area contributed by atoms with Gasteiger partial charge in [0.1, 0.15) is 5.82 Å². The van der Waals surface area contributed by atoms with Crippen molar-refractivity contribution in [3.8, 4) is 11.9 Å². The van der Waals surface area contributed by atoms with Crippen LogP contribution in [-0.4, -0.2) is 33.3 Å². The molecular weight excluding hydrogens is 469 g/mol. The van der Waals surface area contributed by atoms with E-state index in [1.807, 2.05) is 6.07 Å². The molecular formula is C24H18ClF3N4O2. The monoisotopic (exact) mass is 486 g/mol. The normalized spacial score (nSPS) is 13.5. The molecule has 1 atom stereocenters. The summed E-state index contributed by atoms with van der Waals surface area (Å²) >= 11 is 6.43. The number of pyridine rings is 1. The van der Waals surface area contributed by atoms with Crippen molar-refractivity contribution in [2.75, 3.05) is 7.11 Å².